The molecule has 0 unspecified atom stereocenters. The van der Waals surface area contributed by atoms with Crippen LogP contribution in [0.4, 0.5) is 18.9 Å². The minimum absolute atomic E-state index is 0.0588. The summed E-state index contributed by atoms with van der Waals surface area (Å²) in [6.45, 7) is 3.19. The van der Waals surface area contributed by atoms with Crippen molar-refractivity contribution in [2.45, 2.75) is 26.4 Å². The summed E-state index contributed by atoms with van der Waals surface area (Å²) in [5, 5.41) is 10.1. The van der Waals surface area contributed by atoms with Crippen molar-refractivity contribution < 1.29 is 18.0 Å². The van der Waals surface area contributed by atoms with Crippen molar-refractivity contribution in [2.75, 3.05) is 5.32 Å². The second-order valence-electron chi connectivity index (χ2n) is 5.53. The Balaban J connectivity index is 1.91. The van der Waals surface area contributed by atoms with Gasteiger partial charge in [0.2, 0.25) is 5.91 Å². The lowest BCUT2D eigenvalue weighted by atomic mass is 10.1. The second-order valence-corrected chi connectivity index (χ2v) is 5.53. The number of rotatable bonds is 3. The van der Waals surface area contributed by atoms with Crippen molar-refractivity contribution >= 4 is 17.4 Å². The van der Waals surface area contributed by atoms with Gasteiger partial charge in [0.15, 0.2) is 0 Å². The van der Waals surface area contributed by atoms with Crippen LogP contribution in [0.5, 0.6) is 0 Å². The molecule has 3 aromatic rings. The number of fused-ring (bicyclic) bond motifs is 1. The molecule has 8 nitrogen and oxygen atoms in total. The molecule has 0 aromatic carbocycles. The van der Waals surface area contributed by atoms with Crippen LogP contribution >= 0.6 is 0 Å². The van der Waals surface area contributed by atoms with Gasteiger partial charge in [-0.1, -0.05) is 0 Å². The molecule has 0 radical (unpaired) electrons. The molecule has 3 aromatic heterocycles. The third kappa shape index (κ3) is 3.30. The zero-order chi connectivity index (χ0) is 18.4. The van der Waals surface area contributed by atoms with Crippen molar-refractivity contribution in [3.05, 3.63) is 35.2 Å². The van der Waals surface area contributed by atoms with Crippen molar-refractivity contribution in [1.29, 1.82) is 0 Å². The van der Waals surface area contributed by atoms with Gasteiger partial charge in [-0.15, -0.1) is 5.10 Å². The van der Waals surface area contributed by atoms with Crippen LogP contribution in [0.25, 0.3) is 5.78 Å². The number of hydrogen-bond donors (Lipinski definition) is 1. The molecular formula is C14H14F3N7O. The number of amides is 1. The van der Waals surface area contributed by atoms with Crippen molar-refractivity contribution in [1.82, 2.24) is 29.4 Å². The maximum absolute atomic E-state index is 12.8. The average molecular weight is 353 g/mol. The van der Waals surface area contributed by atoms with Crippen LogP contribution in [-0.4, -0.2) is 35.3 Å². The summed E-state index contributed by atoms with van der Waals surface area (Å²) in [7, 11) is 1.71. The summed E-state index contributed by atoms with van der Waals surface area (Å²) in [6.07, 6.45) is -1.60. The number of aromatic nitrogens is 6. The van der Waals surface area contributed by atoms with Gasteiger partial charge in [0.1, 0.15) is 0 Å². The van der Waals surface area contributed by atoms with E-state index in [0.717, 1.165) is 4.52 Å². The van der Waals surface area contributed by atoms with Gasteiger partial charge in [-0.3, -0.25) is 9.48 Å². The molecule has 11 heteroatoms. The number of carbonyl (C=O) groups is 1. The molecule has 0 saturated carbocycles. The molecule has 132 valence electrons. The lowest BCUT2D eigenvalue weighted by molar-refractivity contribution is -0.144. The summed E-state index contributed by atoms with van der Waals surface area (Å²) in [6, 6.07) is 0. The molecule has 0 atom stereocenters. The fourth-order valence-electron chi connectivity index (χ4n) is 2.44. The Morgan fingerprint density at radius 1 is 1.28 bits per heavy atom. The highest BCUT2D eigenvalue weighted by Gasteiger charge is 2.37. The molecule has 1 amide bonds. The van der Waals surface area contributed by atoms with E-state index in [1.54, 1.807) is 27.1 Å². The maximum Gasteiger partial charge on any atom is 0.453 e. The van der Waals surface area contributed by atoms with Crippen LogP contribution < -0.4 is 5.32 Å². The van der Waals surface area contributed by atoms with E-state index in [-0.39, 0.29) is 18.1 Å². The normalized spacial score (nSPS) is 11.9. The predicted octanol–water partition coefficient (Wildman–Crippen LogP) is 1.67. The van der Waals surface area contributed by atoms with Gasteiger partial charge in [0.05, 0.1) is 18.3 Å². The number of hydrogen-bond acceptors (Lipinski definition) is 5. The van der Waals surface area contributed by atoms with Gasteiger partial charge in [-0.2, -0.15) is 23.3 Å². The van der Waals surface area contributed by atoms with E-state index in [4.69, 9.17) is 0 Å². The maximum atomic E-state index is 12.8. The molecule has 0 fully saturated rings. The Kier molecular flexibility index (Phi) is 3.93. The summed E-state index contributed by atoms with van der Waals surface area (Å²) in [5.41, 5.74) is 1.82. The first-order chi connectivity index (χ1) is 11.6. The molecule has 3 heterocycles. The third-order valence-electron chi connectivity index (χ3n) is 3.63. The Labute approximate surface area is 139 Å². The molecule has 0 spiro atoms. The van der Waals surface area contributed by atoms with Crippen LogP contribution in [0.15, 0.2) is 12.4 Å². The number of nitrogens with one attached hydrogen (secondary N) is 1. The molecule has 3 rings (SSSR count). The smallest absolute Gasteiger partial charge is 0.323 e. The van der Waals surface area contributed by atoms with Gasteiger partial charge in [0, 0.05) is 30.2 Å². The van der Waals surface area contributed by atoms with E-state index < -0.39 is 12.0 Å². The number of alkyl halides is 3. The quantitative estimate of drug-likeness (QED) is 0.774. The van der Waals surface area contributed by atoms with E-state index in [2.05, 4.69) is 25.5 Å². The van der Waals surface area contributed by atoms with E-state index in [1.165, 1.54) is 10.9 Å². The molecule has 0 bridgehead atoms. The van der Waals surface area contributed by atoms with Gasteiger partial charge in [0.25, 0.3) is 11.6 Å². The first kappa shape index (κ1) is 16.9. The van der Waals surface area contributed by atoms with Crippen LogP contribution in [0.1, 0.15) is 22.8 Å². The SMILES string of the molecule is Cc1nc2nc(C(F)(F)F)nn2c(C)c1CC(=O)Nc1cnn(C)c1. The number of nitrogens with zero attached hydrogens (tertiary/aromatic N) is 6. The zero-order valence-electron chi connectivity index (χ0n) is 13.6. The van der Waals surface area contributed by atoms with Gasteiger partial charge >= 0.3 is 6.18 Å². The molecule has 25 heavy (non-hydrogen) atoms. The largest absolute Gasteiger partial charge is 0.453 e. The van der Waals surface area contributed by atoms with E-state index in [1.807, 2.05) is 0 Å². The van der Waals surface area contributed by atoms with E-state index in [9.17, 15) is 18.0 Å². The van der Waals surface area contributed by atoms with Gasteiger partial charge < -0.3 is 5.32 Å². The molecule has 0 saturated heterocycles. The van der Waals surface area contributed by atoms with Crippen LogP contribution in [0.2, 0.25) is 0 Å². The highest BCUT2D eigenvalue weighted by molar-refractivity contribution is 5.92. The van der Waals surface area contributed by atoms with Crippen molar-refractivity contribution in [2.24, 2.45) is 7.05 Å². The third-order valence-corrected chi connectivity index (χ3v) is 3.63. The molecule has 0 aliphatic heterocycles. The monoisotopic (exact) mass is 353 g/mol. The topological polar surface area (TPSA) is 90.0 Å². The number of carbonyl (C=O) groups excluding carboxylic acids is 1. The van der Waals surface area contributed by atoms with Crippen molar-refractivity contribution in [3.8, 4) is 0 Å². The first-order valence-corrected chi connectivity index (χ1v) is 7.23. The van der Waals surface area contributed by atoms with Crippen molar-refractivity contribution in [3.63, 3.8) is 0 Å². The Hall–Kier alpha value is -2.98. The molecule has 0 aliphatic rings. The van der Waals surface area contributed by atoms with E-state index >= 15 is 0 Å². The van der Waals surface area contributed by atoms with Crippen LogP contribution in [-0.2, 0) is 24.4 Å². The minimum atomic E-state index is -4.66. The van der Waals surface area contributed by atoms with Gasteiger partial charge in [-0.25, -0.2) is 9.50 Å². The highest BCUT2D eigenvalue weighted by atomic mass is 19.4. The Morgan fingerprint density at radius 3 is 2.60 bits per heavy atom. The minimum Gasteiger partial charge on any atom is -0.323 e. The molecule has 0 aliphatic carbocycles. The lowest BCUT2D eigenvalue weighted by Crippen LogP contribution is -2.17. The summed E-state index contributed by atoms with van der Waals surface area (Å²) >= 11 is 0. The lowest BCUT2D eigenvalue weighted by Gasteiger charge is -2.10. The Morgan fingerprint density at radius 2 is 2.00 bits per heavy atom. The first-order valence-electron chi connectivity index (χ1n) is 7.23. The zero-order valence-corrected chi connectivity index (χ0v) is 13.6. The number of halogens is 3. The predicted molar refractivity (Wildman–Crippen MR) is 80.8 cm³/mol. The molecule has 1 N–H and O–H groups in total. The molecular weight excluding hydrogens is 339 g/mol. The summed E-state index contributed by atoms with van der Waals surface area (Å²) in [4.78, 5) is 19.6. The standard InChI is InChI=1S/C14H14F3N7O/c1-7-10(4-11(25)20-9-5-18-23(3)6-9)8(2)24-13(19-7)21-12(22-24)14(15,16)17/h5-6H,4H2,1-3H3,(H,20,25). The number of anilines is 1. The van der Waals surface area contributed by atoms with E-state index in [0.29, 0.717) is 22.6 Å². The number of aryl methyl sites for hydroxylation is 3. The fourth-order valence-corrected chi connectivity index (χ4v) is 2.44. The second kappa shape index (κ2) is 5.83. The van der Waals surface area contributed by atoms with Gasteiger partial charge in [-0.05, 0) is 13.8 Å². The Bertz CT molecular complexity index is 957. The highest BCUT2D eigenvalue weighted by Crippen LogP contribution is 2.27. The van der Waals surface area contributed by atoms with Crippen LogP contribution in [0, 0.1) is 13.8 Å². The summed E-state index contributed by atoms with van der Waals surface area (Å²) < 4.78 is 40.9. The van der Waals surface area contributed by atoms with Crippen LogP contribution in [0.3, 0.4) is 0 Å². The average Bonchev–Trinajstić information content (AvgIpc) is 3.09. The fraction of sp³-hybridized carbons (Fsp3) is 0.357. The summed E-state index contributed by atoms with van der Waals surface area (Å²) in [5.74, 6) is -1.75.